The second-order valence-electron chi connectivity index (χ2n) is 8.02. The van der Waals surface area contributed by atoms with E-state index in [1.165, 1.54) is 25.7 Å². The van der Waals surface area contributed by atoms with Gasteiger partial charge in [0.05, 0.1) is 0 Å². The number of hydrogen-bond donors (Lipinski definition) is 2. The van der Waals surface area contributed by atoms with Crippen molar-refractivity contribution in [3.8, 4) is 0 Å². The van der Waals surface area contributed by atoms with Crippen LogP contribution in [0, 0.1) is 29.6 Å². The molecular weight excluding hydrogens is 314 g/mol. The molecule has 0 aromatic carbocycles. The van der Waals surface area contributed by atoms with Crippen molar-refractivity contribution < 1.29 is 19.4 Å². The van der Waals surface area contributed by atoms with Gasteiger partial charge in [-0.2, -0.15) is 0 Å². The van der Waals surface area contributed by atoms with Crippen molar-refractivity contribution in [2.75, 3.05) is 13.2 Å². The van der Waals surface area contributed by atoms with Crippen LogP contribution < -0.4 is 0 Å². The highest BCUT2D eigenvalue weighted by Gasteiger charge is 2.35. The summed E-state index contributed by atoms with van der Waals surface area (Å²) in [4.78, 5) is 0. The van der Waals surface area contributed by atoms with Gasteiger partial charge in [0, 0.05) is 13.2 Å². The topological polar surface area (TPSA) is 58.9 Å². The predicted octanol–water partition coefficient (Wildman–Crippen LogP) is 3.98. The molecule has 1 aliphatic rings. The molecule has 0 aliphatic heterocycles. The normalized spacial score (nSPS) is 18.2. The van der Waals surface area contributed by atoms with Crippen LogP contribution in [-0.4, -0.2) is 37.3 Å². The molecule has 1 fully saturated rings. The smallest absolute Gasteiger partial charge is 0.429 e. The van der Waals surface area contributed by atoms with Gasteiger partial charge >= 0.3 is 14.0 Å². The minimum Gasteiger partial charge on any atom is -0.429 e. The number of hydrogen-bond acceptors (Lipinski definition) is 4. The Morgan fingerprint density at radius 1 is 0.840 bits per heavy atom. The molecule has 1 aliphatic carbocycles. The first-order chi connectivity index (χ1) is 11.9. The van der Waals surface area contributed by atoms with E-state index in [1.54, 1.807) is 0 Å². The maximum atomic E-state index is 9.93. The van der Waals surface area contributed by atoms with Gasteiger partial charge in [-0.15, -0.1) is 0 Å². The Hall–Kier alpha value is -0.0301. The highest BCUT2D eigenvalue weighted by molar-refractivity contribution is 7.09. The second-order valence-corrected chi connectivity index (χ2v) is 8.02. The van der Waals surface area contributed by atoms with Gasteiger partial charge in [-0.3, -0.25) is 0 Å². The fourth-order valence-electron chi connectivity index (χ4n) is 4.05. The van der Waals surface area contributed by atoms with Crippen LogP contribution in [0.4, 0.5) is 0 Å². The highest BCUT2D eigenvalue weighted by Crippen LogP contribution is 2.42. The van der Waals surface area contributed by atoms with Gasteiger partial charge in [0.2, 0.25) is 0 Å². The van der Waals surface area contributed by atoms with Crippen molar-refractivity contribution >= 4 is 14.0 Å². The monoisotopic (exact) mass is 354 g/mol. The summed E-state index contributed by atoms with van der Waals surface area (Å²) in [5, 5.41) is 19.8. The molecule has 0 spiro atoms. The van der Waals surface area contributed by atoms with E-state index in [1.807, 2.05) is 0 Å². The first kappa shape index (κ1) is 23.0. The largest absolute Gasteiger partial charge is 0.485 e. The Kier molecular flexibility index (Phi) is 11.4. The Morgan fingerprint density at radius 2 is 1.32 bits per heavy atom. The average molecular weight is 354 g/mol. The zero-order chi connectivity index (χ0) is 18.8. The summed E-state index contributed by atoms with van der Waals surface area (Å²) in [6, 6.07) is 0. The van der Waals surface area contributed by atoms with Crippen LogP contribution in [0.5, 0.6) is 0 Å². The first-order valence-electron chi connectivity index (χ1n) is 10.5. The molecule has 1 rings (SSSR count). The van der Waals surface area contributed by atoms with Crippen LogP contribution in [0.1, 0.15) is 79.6 Å². The third kappa shape index (κ3) is 8.46. The van der Waals surface area contributed by atoms with Gasteiger partial charge in [0.25, 0.3) is 0 Å². The Balaban J connectivity index is 2.17. The minimum absolute atomic E-state index is 0.454. The van der Waals surface area contributed by atoms with Crippen molar-refractivity contribution in [2.24, 2.45) is 29.6 Å². The van der Waals surface area contributed by atoms with E-state index in [0.717, 1.165) is 31.1 Å². The maximum Gasteiger partial charge on any atom is 0.485 e. The fourth-order valence-corrected chi connectivity index (χ4v) is 4.05. The molecule has 3 unspecified atom stereocenters. The molecular formula is C19H40B2O4. The molecule has 0 aromatic rings. The molecule has 4 nitrogen and oxygen atoms in total. The van der Waals surface area contributed by atoms with E-state index >= 15 is 0 Å². The lowest BCUT2D eigenvalue weighted by Gasteiger charge is -2.23. The molecule has 3 atom stereocenters. The summed E-state index contributed by atoms with van der Waals surface area (Å²) in [5.74, 6) is 3.52. The van der Waals surface area contributed by atoms with E-state index in [0.29, 0.717) is 31.0 Å². The molecule has 0 heterocycles. The lowest BCUT2D eigenvalue weighted by Crippen LogP contribution is -2.42. The van der Waals surface area contributed by atoms with Crippen molar-refractivity contribution in [2.45, 2.75) is 79.6 Å². The second kappa shape index (κ2) is 12.4. The van der Waals surface area contributed by atoms with Gasteiger partial charge in [-0.25, -0.2) is 0 Å². The van der Waals surface area contributed by atoms with Gasteiger partial charge in [0.15, 0.2) is 0 Å². The SMILES string of the molecule is CCC(CC)C(C)CCOB(O)B(O)OCCC(CC)C(C)C1CC1. The summed E-state index contributed by atoms with van der Waals surface area (Å²) in [6.45, 7) is 12.1. The molecule has 1 saturated carbocycles. The Bertz CT molecular complexity index is 337. The van der Waals surface area contributed by atoms with Crippen molar-refractivity contribution in [3.05, 3.63) is 0 Å². The van der Waals surface area contributed by atoms with Crippen LogP contribution in [0.3, 0.4) is 0 Å². The van der Waals surface area contributed by atoms with Crippen LogP contribution in [0.25, 0.3) is 0 Å². The Labute approximate surface area is 156 Å². The Morgan fingerprint density at radius 3 is 1.76 bits per heavy atom. The van der Waals surface area contributed by atoms with Crippen LogP contribution >= 0.6 is 0 Å². The highest BCUT2D eigenvalue weighted by atomic mass is 16.6. The van der Waals surface area contributed by atoms with E-state index < -0.39 is 14.0 Å². The van der Waals surface area contributed by atoms with E-state index in [2.05, 4.69) is 34.6 Å². The minimum atomic E-state index is -1.25. The summed E-state index contributed by atoms with van der Waals surface area (Å²) in [5.41, 5.74) is 0. The average Bonchev–Trinajstić information content (AvgIpc) is 3.44. The quantitative estimate of drug-likeness (QED) is 0.437. The maximum absolute atomic E-state index is 9.93. The molecule has 2 N–H and O–H groups in total. The van der Waals surface area contributed by atoms with Gasteiger partial charge < -0.3 is 19.4 Å². The van der Waals surface area contributed by atoms with Crippen LogP contribution in [0.2, 0.25) is 0 Å². The summed E-state index contributed by atoms with van der Waals surface area (Å²) < 4.78 is 10.8. The molecule has 0 amide bonds. The molecule has 0 aromatic heterocycles. The van der Waals surface area contributed by atoms with Crippen LogP contribution in [-0.2, 0) is 9.31 Å². The van der Waals surface area contributed by atoms with E-state index in [9.17, 15) is 10.0 Å². The fraction of sp³-hybridized carbons (Fsp3) is 1.00. The lowest BCUT2D eigenvalue weighted by molar-refractivity contribution is 0.185. The zero-order valence-corrected chi connectivity index (χ0v) is 17.1. The third-order valence-electron chi connectivity index (χ3n) is 6.37. The summed E-state index contributed by atoms with van der Waals surface area (Å²) in [6.07, 6.45) is 8.04. The van der Waals surface area contributed by atoms with Crippen molar-refractivity contribution in [1.29, 1.82) is 0 Å². The van der Waals surface area contributed by atoms with Gasteiger partial charge in [-0.05, 0) is 55.3 Å². The van der Waals surface area contributed by atoms with Crippen LogP contribution in [0.15, 0.2) is 0 Å². The zero-order valence-electron chi connectivity index (χ0n) is 17.1. The van der Waals surface area contributed by atoms with E-state index in [-0.39, 0.29) is 0 Å². The lowest BCUT2D eigenvalue weighted by atomic mass is 9.49. The third-order valence-corrected chi connectivity index (χ3v) is 6.37. The first-order valence-corrected chi connectivity index (χ1v) is 10.5. The molecule has 0 bridgehead atoms. The molecule has 6 heteroatoms. The predicted molar refractivity (Wildman–Crippen MR) is 106 cm³/mol. The van der Waals surface area contributed by atoms with Gasteiger partial charge in [0.1, 0.15) is 0 Å². The van der Waals surface area contributed by atoms with Crippen molar-refractivity contribution in [1.82, 2.24) is 0 Å². The summed E-state index contributed by atoms with van der Waals surface area (Å²) in [7, 11) is -2.51. The summed E-state index contributed by atoms with van der Waals surface area (Å²) >= 11 is 0. The van der Waals surface area contributed by atoms with Gasteiger partial charge in [-0.1, -0.05) is 53.9 Å². The van der Waals surface area contributed by atoms with Crippen molar-refractivity contribution in [3.63, 3.8) is 0 Å². The molecule has 0 radical (unpaired) electrons. The molecule has 146 valence electrons. The molecule has 0 saturated heterocycles. The standard InChI is InChI=1S/C19H40B2O4/c1-6-17(7-2)15(4)11-13-24-20(22)21(23)25-14-12-18(8-3)16(5)19-9-10-19/h15-19,22-23H,6-14H2,1-5H3. The number of rotatable bonds is 15. The van der Waals surface area contributed by atoms with E-state index in [4.69, 9.17) is 9.31 Å². The molecule has 25 heavy (non-hydrogen) atoms.